The van der Waals surface area contributed by atoms with Crippen LogP contribution in [0.4, 0.5) is 0 Å². The highest BCUT2D eigenvalue weighted by molar-refractivity contribution is 7.89. The first-order chi connectivity index (χ1) is 11.5. The van der Waals surface area contributed by atoms with Crippen LogP contribution in [0.5, 0.6) is 0 Å². The van der Waals surface area contributed by atoms with Crippen LogP contribution in [0.3, 0.4) is 0 Å². The van der Waals surface area contributed by atoms with Gasteiger partial charge < -0.3 is 4.74 Å². The van der Waals surface area contributed by atoms with E-state index in [4.69, 9.17) is 21.5 Å². The fourth-order valence-electron chi connectivity index (χ4n) is 2.17. The second-order valence-electron chi connectivity index (χ2n) is 6.71. The van der Waals surface area contributed by atoms with Crippen molar-refractivity contribution in [3.63, 3.8) is 0 Å². The third kappa shape index (κ3) is 5.04. The third-order valence-electron chi connectivity index (χ3n) is 3.68. The predicted molar refractivity (Wildman–Crippen MR) is 97.1 cm³/mol. The lowest BCUT2D eigenvalue weighted by Gasteiger charge is -2.19. The molecule has 0 unspecified atom stereocenters. The average molecular weight is 382 g/mol. The van der Waals surface area contributed by atoms with E-state index < -0.39 is 16.0 Å². The quantitative estimate of drug-likeness (QED) is 0.819. The van der Waals surface area contributed by atoms with Crippen molar-refractivity contribution < 1.29 is 17.9 Å². The normalized spacial score (nSPS) is 12.0. The Labute approximate surface area is 152 Å². The second kappa shape index (κ2) is 7.15. The molecule has 0 radical (unpaired) electrons. The van der Waals surface area contributed by atoms with E-state index in [0.717, 1.165) is 11.6 Å². The summed E-state index contributed by atoms with van der Waals surface area (Å²) in [5.74, 6) is -0.713. The lowest BCUT2D eigenvalue weighted by molar-refractivity contribution is 0.0472. The molecule has 0 saturated carbocycles. The number of sulfonamides is 1. The van der Waals surface area contributed by atoms with E-state index in [1.54, 1.807) is 0 Å². The Kier molecular flexibility index (Phi) is 5.56. The van der Waals surface area contributed by atoms with Gasteiger partial charge in [0.1, 0.15) is 6.61 Å². The van der Waals surface area contributed by atoms with Crippen LogP contribution >= 0.6 is 11.6 Å². The van der Waals surface area contributed by atoms with Crippen molar-refractivity contribution in [3.05, 3.63) is 64.2 Å². The molecular weight excluding hydrogens is 362 g/mol. The number of halogens is 1. The van der Waals surface area contributed by atoms with Crippen molar-refractivity contribution in [1.82, 2.24) is 0 Å². The Morgan fingerprint density at radius 3 is 2.24 bits per heavy atom. The summed E-state index contributed by atoms with van der Waals surface area (Å²) >= 11 is 5.96. The maximum absolute atomic E-state index is 12.2. The molecule has 134 valence electrons. The number of esters is 1. The number of benzene rings is 2. The molecule has 0 fully saturated rings. The number of nitrogens with two attached hydrogens (primary N) is 1. The molecule has 0 aliphatic heterocycles. The molecule has 5 nitrogen and oxygen atoms in total. The van der Waals surface area contributed by atoms with Crippen LogP contribution in [0.25, 0.3) is 0 Å². The average Bonchev–Trinajstić information content (AvgIpc) is 2.51. The number of hydrogen-bond donors (Lipinski definition) is 1. The van der Waals surface area contributed by atoms with E-state index in [1.165, 1.54) is 17.7 Å². The van der Waals surface area contributed by atoms with E-state index in [1.807, 2.05) is 24.3 Å². The maximum Gasteiger partial charge on any atom is 0.340 e. The van der Waals surface area contributed by atoms with Gasteiger partial charge in [-0.05, 0) is 34.7 Å². The lowest BCUT2D eigenvalue weighted by atomic mass is 9.87. The Bertz CT molecular complexity index is 884. The van der Waals surface area contributed by atoms with Crippen LogP contribution < -0.4 is 5.14 Å². The van der Waals surface area contributed by atoms with Crippen LogP contribution in [0, 0.1) is 0 Å². The number of ether oxygens (including phenoxy) is 1. The molecule has 2 aromatic carbocycles. The van der Waals surface area contributed by atoms with Crippen molar-refractivity contribution in [2.24, 2.45) is 5.14 Å². The van der Waals surface area contributed by atoms with Crippen molar-refractivity contribution in [1.29, 1.82) is 0 Å². The highest BCUT2D eigenvalue weighted by Crippen LogP contribution is 2.23. The minimum Gasteiger partial charge on any atom is -0.457 e. The second-order valence-corrected chi connectivity index (χ2v) is 8.68. The Morgan fingerprint density at radius 1 is 1.12 bits per heavy atom. The first-order valence-electron chi connectivity index (χ1n) is 7.57. The van der Waals surface area contributed by atoms with Gasteiger partial charge in [-0.1, -0.05) is 56.6 Å². The van der Waals surface area contributed by atoms with E-state index >= 15 is 0 Å². The Balaban J connectivity index is 2.13. The first-order valence-corrected chi connectivity index (χ1v) is 9.50. The molecule has 2 aromatic rings. The van der Waals surface area contributed by atoms with Gasteiger partial charge >= 0.3 is 5.97 Å². The van der Waals surface area contributed by atoms with Gasteiger partial charge in [-0.2, -0.15) is 0 Å². The van der Waals surface area contributed by atoms with E-state index in [2.05, 4.69) is 20.8 Å². The number of rotatable bonds is 4. The summed E-state index contributed by atoms with van der Waals surface area (Å²) in [6.07, 6.45) is 0. The predicted octanol–water partition coefficient (Wildman–Crippen LogP) is 3.64. The van der Waals surface area contributed by atoms with Gasteiger partial charge in [0.25, 0.3) is 0 Å². The molecule has 0 saturated heterocycles. The van der Waals surface area contributed by atoms with E-state index in [9.17, 15) is 13.2 Å². The summed E-state index contributed by atoms with van der Waals surface area (Å²) in [5, 5.41) is 5.16. The van der Waals surface area contributed by atoms with E-state index in [0.29, 0.717) is 0 Å². The Hall–Kier alpha value is -1.89. The summed E-state index contributed by atoms with van der Waals surface area (Å²) in [6.45, 7) is 6.40. The highest BCUT2D eigenvalue weighted by atomic mass is 35.5. The van der Waals surface area contributed by atoms with Gasteiger partial charge in [0.2, 0.25) is 10.0 Å². The van der Waals surface area contributed by atoms with Crippen LogP contribution in [-0.4, -0.2) is 14.4 Å². The monoisotopic (exact) mass is 381 g/mol. The minimum atomic E-state index is -3.93. The molecular formula is C18H20ClNO4S. The smallest absolute Gasteiger partial charge is 0.340 e. The summed E-state index contributed by atoms with van der Waals surface area (Å²) in [7, 11) is -3.93. The summed E-state index contributed by atoms with van der Waals surface area (Å²) in [4.78, 5) is 12.0. The number of carbonyl (C=O) groups excluding carboxylic acids is 1. The lowest BCUT2D eigenvalue weighted by Crippen LogP contribution is -2.14. The fraction of sp³-hybridized carbons (Fsp3) is 0.278. The molecule has 0 atom stereocenters. The fourth-order valence-corrected chi connectivity index (χ4v) is 2.90. The molecule has 25 heavy (non-hydrogen) atoms. The first kappa shape index (κ1) is 19.4. The SMILES string of the molecule is CC(C)(C)c1ccc(COC(=O)c2cc(S(N)(=O)=O)ccc2Cl)cc1. The topological polar surface area (TPSA) is 86.5 Å². The highest BCUT2D eigenvalue weighted by Gasteiger charge is 2.17. The number of hydrogen-bond acceptors (Lipinski definition) is 4. The standard InChI is InChI=1S/C18H20ClNO4S/c1-18(2,3)13-6-4-12(5-7-13)11-24-17(21)15-10-14(25(20,22)23)8-9-16(15)19/h4-10H,11H2,1-3H3,(H2,20,22,23). The van der Waals surface area contributed by atoms with Crippen molar-refractivity contribution in [3.8, 4) is 0 Å². The maximum atomic E-state index is 12.2. The number of carbonyl (C=O) groups is 1. The molecule has 0 heterocycles. The molecule has 2 rings (SSSR count). The van der Waals surface area contributed by atoms with E-state index in [-0.39, 0.29) is 27.5 Å². The minimum absolute atomic E-state index is 0.0386. The molecule has 0 bridgehead atoms. The molecule has 0 aromatic heterocycles. The van der Waals surface area contributed by atoms with Crippen molar-refractivity contribution in [2.45, 2.75) is 37.7 Å². The molecule has 0 aliphatic rings. The van der Waals surface area contributed by atoms with Crippen LogP contribution in [-0.2, 0) is 26.8 Å². The van der Waals surface area contributed by atoms with Gasteiger partial charge in [0, 0.05) is 0 Å². The van der Waals surface area contributed by atoms with Gasteiger partial charge in [-0.15, -0.1) is 0 Å². The van der Waals surface area contributed by atoms with Crippen LogP contribution in [0.1, 0.15) is 42.3 Å². The third-order valence-corrected chi connectivity index (χ3v) is 4.92. The molecule has 0 amide bonds. The summed E-state index contributed by atoms with van der Waals surface area (Å²) in [6, 6.07) is 11.4. The zero-order chi connectivity index (χ0) is 18.8. The molecule has 7 heteroatoms. The van der Waals surface area contributed by atoms with Gasteiger partial charge in [0.05, 0.1) is 15.5 Å². The summed E-state index contributed by atoms with van der Waals surface area (Å²) in [5.41, 5.74) is 1.99. The molecule has 0 aliphatic carbocycles. The zero-order valence-electron chi connectivity index (χ0n) is 14.2. The van der Waals surface area contributed by atoms with Crippen molar-refractivity contribution >= 4 is 27.6 Å². The molecule has 2 N–H and O–H groups in total. The largest absolute Gasteiger partial charge is 0.457 e. The van der Waals surface area contributed by atoms with Crippen molar-refractivity contribution in [2.75, 3.05) is 0 Å². The summed E-state index contributed by atoms with van der Waals surface area (Å²) < 4.78 is 28.0. The van der Waals surface area contributed by atoms with Crippen LogP contribution in [0.15, 0.2) is 47.4 Å². The molecule has 0 spiro atoms. The van der Waals surface area contributed by atoms with Gasteiger partial charge in [-0.3, -0.25) is 0 Å². The zero-order valence-corrected chi connectivity index (χ0v) is 15.8. The number of primary sulfonamides is 1. The van der Waals surface area contributed by atoms with Gasteiger partial charge in [0.15, 0.2) is 0 Å². The van der Waals surface area contributed by atoms with Crippen LogP contribution in [0.2, 0.25) is 5.02 Å². The Morgan fingerprint density at radius 2 is 1.72 bits per heavy atom. The van der Waals surface area contributed by atoms with Gasteiger partial charge in [-0.25, -0.2) is 18.4 Å².